The molecule has 3 aromatic rings. The van der Waals surface area contributed by atoms with Crippen LogP contribution in [0.5, 0.6) is 5.75 Å². The molecule has 3 aromatic carbocycles. The van der Waals surface area contributed by atoms with Crippen LogP contribution in [0.3, 0.4) is 0 Å². The van der Waals surface area contributed by atoms with Gasteiger partial charge in [0.15, 0.2) is 0 Å². The lowest BCUT2D eigenvalue weighted by molar-refractivity contribution is 0.0474. The number of fused-ring (bicyclic) bond motifs is 1. The van der Waals surface area contributed by atoms with E-state index in [9.17, 15) is 0 Å². The smallest absolute Gasteiger partial charge is 0.127 e. The molecule has 0 radical (unpaired) electrons. The van der Waals surface area contributed by atoms with Crippen molar-refractivity contribution >= 4 is 5.69 Å². The van der Waals surface area contributed by atoms with E-state index in [-0.39, 0.29) is 5.60 Å². The number of piperidine rings is 1. The van der Waals surface area contributed by atoms with Crippen LogP contribution >= 0.6 is 0 Å². The van der Waals surface area contributed by atoms with E-state index in [1.165, 1.54) is 40.7 Å². The predicted octanol–water partition coefficient (Wildman–Crippen LogP) is 6.41. The van der Waals surface area contributed by atoms with Crippen LogP contribution in [-0.2, 0) is 6.42 Å². The summed E-state index contributed by atoms with van der Waals surface area (Å²) < 4.78 is 6.64. The Morgan fingerprint density at radius 2 is 1.53 bits per heavy atom. The highest BCUT2D eigenvalue weighted by atomic mass is 16.5. The molecule has 4 heteroatoms. The molecule has 2 heterocycles. The molecular formula is C34H45N3O. The number of benzene rings is 3. The van der Waals surface area contributed by atoms with Crippen molar-refractivity contribution in [2.45, 2.75) is 64.9 Å². The van der Waals surface area contributed by atoms with Crippen LogP contribution in [0.4, 0.5) is 5.69 Å². The van der Waals surface area contributed by atoms with Gasteiger partial charge in [-0.3, -0.25) is 4.90 Å². The van der Waals surface area contributed by atoms with Crippen LogP contribution in [0, 0.1) is 26.7 Å². The highest BCUT2D eigenvalue weighted by Gasteiger charge is 2.39. The summed E-state index contributed by atoms with van der Waals surface area (Å²) in [6.07, 6.45) is 4.57. The highest BCUT2D eigenvalue weighted by Crippen LogP contribution is 2.44. The first-order valence-electron chi connectivity index (χ1n) is 14.4. The largest absolute Gasteiger partial charge is 0.485 e. The van der Waals surface area contributed by atoms with Gasteiger partial charge in [-0.15, -0.1) is 0 Å². The summed E-state index contributed by atoms with van der Waals surface area (Å²) in [7, 11) is 0. The van der Waals surface area contributed by atoms with E-state index >= 15 is 0 Å². The van der Waals surface area contributed by atoms with Crippen LogP contribution in [0.25, 0.3) is 0 Å². The number of nitrogens with one attached hydrogen (secondary N) is 1. The number of hydrogen-bond donors (Lipinski definition) is 2. The maximum absolute atomic E-state index is 6.64. The molecule has 202 valence electrons. The summed E-state index contributed by atoms with van der Waals surface area (Å²) in [5, 5.41) is 3.80. The van der Waals surface area contributed by atoms with Crippen LogP contribution < -0.4 is 15.8 Å². The van der Waals surface area contributed by atoms with Gasteiger partial charge in [-0.2, -0.15) is 0 Å². The first-order valence-corrected chi connectivity index (χ1v) is 14.4. The second kappa shape index (κ2) is 11.5. The Labute approximate surface area is 229 Å². The van der Waals surface area contributed by atoms with Gasteiger partial charge in [0.1, 0.15) is 11.4 Å². The quantitative estimate of drug-likeness (QED) is 0.257. The molecule has 0 bridgehead atoms. The number of hydrogen-bond acceptors (Lipinski definition) is 4. The normalized spacial score (nSPS) is 20.0. The molecule has 5 rings (SSSR count). The number of likely N-dealkylation sites (tertiary alicyclic amines) is 1. The number of anilines is 1. The zero-order valence-electron chi connectivity index (χ0n) is 23.7. The van der Waals surface area contributed by atoms with Crippen molar-refractivity contribution in [3.05, 3.63) is 94.0 Å². The Hall–Kier alpha value is -2.82. The lowest BCUT2D eigenvalue weighted by Crippen LogP contribution is -2.48. The van der Waals surface area contributed by atoms with Gasteiger partial charge in [-0.1, -0.05) is 60.7 Å². The Bertz CT molecular complexity index is 1140. The molecule has 1 atom stereocenters. The summed E-state index contributed by atoms with van der Waals surface area (Å²) in [5.74, 6) is 2.27. The average Bonchev–Trinajstić information content (AvgIpc) is 3.30. The fourth-order valence-corrected chi connectivity index (χ4v) is 6.58. The van der Waals surface area contributed by atoms with Crippen molar-refractivity contribution in [3.8, 4) is 5.75 Å². The van der Waals surface area contributed by atoms with Crippen molar-refractivity contribution in [2.75, 3.05) is 38.5 Å². The molecule has 1 saturated heterocycles. The SMILES string of the molecule is Cc1c(C)c2c(c(C)c1N)CC(C)(CN1CCC(CNCCC(c3ccccc3)c3ccccc3)CC1)O2. The highest BCUT2D eigenvalue weighted by molar-refractivity contribution is 5.66. The van der Waals surface area contributed by atoms with Crippen molar-refractivity contribution < 1.29 is 4.74 Å². The van der Waals surface area contributed by atoms with Gasteiger partial charge >= 0.3 is 0 Å². The van der Waals surface area contributed by atoms with Crippen LogP contribution in [-0.4, -0.2) is 43.2 Å². The molecular weight excluding hydrogens is 466 g/mol. The molecule has 0 aliphatic carbocycles. The van der Waals surface area contributed by atoms with Gasteiger partial charge in [-0.05, 0) is 107 Å². The summed E-state index contributed by atoms with van der Waals surface area (Å²) in [6, 6.07) is 21.9. The van der Waals surface area contributed by atoms with Crippen LogP contribution in [0.15, 0.2) is 60.7 Å². The molecule has 3 N–H and O–H groups in total. The fourth-order valence-electron chi connectivity index (χ4n) is 6.58. The molecule has 0 aromatic heterocycles. The fraction of sp³-hybridized carbons (Fsp3) is 0.471. The van der Waals surface area contributed by atoms with Gasteiger partial charge in [0.05, 0.1) is 0 Å². The number of ether oxygens (including phenoxy) is 1. The average molecular weight is 512 g/mol. The second-order valence-electron chi connectivity index (χ2n) is 11.9. The summed E-state index contributed by atoms with van der Waals surface area (Å²) in [5.41, 5.74) is 14.9. The van der Waals surface area contributed by atoms with Crippen molar-refractivity contribution in [3.63, 3.8) is 0 Å². The standard InChI is InChI=1S/C34H45N3O/c1-24-25(2)33-31(26(3)32(24)35)21-34(4,38-33)23-37-19-16-27(17-20-37)22-36-18-15-30(28-11-7-5-8-12-28)29-13-9-6-10-14-29/h5-14,27,30,36H,15-23,35H2,1-4H3. The number of nitrogen functional groups attached to an aromatic ring is 1. The topological polar surface area (TPSA) is 50.5 Å². The number of nitrogens with two attached hydrogens (primary N) is 1. The number of nitrogens with zero attached hydrogens (tertiary/aromatic N) is 1. The van der Waals surface area contributed by atoms with E-state index in [1.807, 2.05) is 0 Å². The zero-order valence-corrected chi connectivity index (χ0v) is 23.7. The lowest BCUT2D eigenvalue weighted by Gasteiger charge is -2.37. The summed E-state index contributed by atoms with van der Waals surface area (Å²) in [4.78, 5) is 2.62. The molecule has 0 saturated carbocycles. The van der Waals surface area contributed by atoms with E-state index in [2.05, 4.69) is 98.6 Å². The van der Waals surface area contributed by atoms with Crippen molar-refractivity contribution in [1.29, 1.82) is 0 Å². The molecule has 4 nitrogen and oxygen atoms in total. The molecule has 2 aliphatic rings. The Morgan fingerprint density at radius 1 is 0.921 bits per heavy atom. The second-order valence-corrected chi connectivity index (χ2v) is 11.9. The van der Waals surface area contributed by atoms with E-state index in [4.69, 9.17) is 10.5 Å². The first-order chi connectivity index (χ1) is 18.3. The maximum Gasteiger partial charge on any atom is 0.127 e. The van der Waals surface area contributed by atoms with Crippen molar-refractivity contribution in [2.24, 2.45) is 5.92 Å². The predicted molar refractivity (Wildman–Crippen MR) is 159 cm³/mol. The van der Waals surface area contributed by atoms with Gasteiger partial charge in [0.2, 0.25) is 0 Å². The van der Waals surface area contributed by atoms with Gasteiger partial charge in [0.25, 0.3) is 0 Å². The summed E-state index contributed by atoms with van der Waals surface area (Å²) >= 11 is 0. The third-order valence-corrected chi connectivity index (χ3v) is 9.05. The Morgan fingerprint density at radius 3 is 2.13 bits per heavy atom. The van der Waals surface area contributed by atoms with E-state index < -0.39 is 0 Å². The molecule has 1 fully saturated rings. The monoisotopic (exact) mass is 511 g/mol. The minimum Gasteiger partial charge on any atom is -0.485 e. The summed E-state index contributed by atoms with van der Waals surface area (Å²) in [6.45, 7) is 14.1. The molecule has 38 heavy (non-hydrogen) atoms. The first kappa shape index (κ1) is 26.8. The van der Waals surface area contributed by atoms with Gasteiger partial charge in [-0.25, -0.2) is 0 Å². The van der Waals surface area contributed by atoms with Crippen LogP contribution in [0.2, 0.25) is 0 Å². The minimum atomic E-state index is -0.174. The minimum absolute atomic E-state index is 0.174. The third-order valence-electron chi connectivity index (χ3n) is 9.05. The van der Waals surface area contributed by atoms with E-state index in [0.717, 1.165) is 68.5 Å². The molecule has 1 unspecified atom stereocenters. The lowest BCUT2D eigenvalue weighted by atomic mass is 9.88. The molecule has 2 aliphatic heterocycles. The van der Waals surface area contributed by atoms with E-state index in [1.54, 1.807) is 0 Å². The maximum atomic E-state index is 6.64. The van der Waals surface area contributed by atoms with Gasteiger partial charge < -0.3 is 15.8 Å². The van der Waals surface area contributed by atoms with E-state index in [0.29, 0.717) is 5.92 Å². The Kier molecular flexibility index (Phi) is 8.11. The van der Waals surface area contributed by atoms with Crippen molar-refractivity contribution in [1.82, 2.24) is 10.2 Å². The van der Waals surface area contributed by atoms with Crippen LogP contribution in [0.1, 0.15) is 65.5 Å². The molecule has 0 amide bonds. The van der Waals surface area contributed by atoms with Gasteiger partial charge in [0, 0.05) is 30.1 Å². The zero-order chi connectivity index (χ0) is 26.7. The Balaban J connectivity index is 1.09. The molecule has 0 spiro atoms. The third kappa shape index (κ3) is 5.77. The number of rotatable bonds is 9.